The lowest BCUT2D eigenvalue weighted by atomic mass is 9.74. The highest BCUT2D eigenvalue weighted by molar-refractivity contribution is 5.98. The van der Waals surface area contributed by atoms with Crippen molar-refractivity contribution < 1.29 is 32.6 Å². The van der Waals surface area contributed by atoms with E-state index in [1.165, 1.54) is 12.1 Å². The second-order valence-electron chi connectivity index (χ2n) is 11.9. The number of aromatic nitrogens is 1. The number of methoxy groups -OCH3 is 1. The van der Waals surface area contributed by atoms with Gasteiger partial charge in [-0.25, -0.2) is 0 Å². The van der Waals surface area contributed by atoms with E-state index in [0.717, 1.165) is 37.8 Å². The Kier molecular flexibility index (Phi) is 9.05. The fourth-order valence-corrected chi connectivity index (χ4v) is 6.30. The van der Waals surface area contributed by atoms with Gasteiger partial charge in [-0.3, -0.25) is 14.6 Å². The maximum Gasteiger partial charge on any atom is 0.416 e. The molecular weight excluding hydrogens is 521 g/mol. The van der Waals surface area contributed by atoms with E-state index < -0.39 is 28.7 Å². The molecule has 1 aromatic carbocycles. The third-order valence-corrected chi connectivity index (χ3v) is 8.86. The average Bonchev–Trinajstić information content (AvgIpc) is 3.38. The standard InChI is InChI=1S/C31H39F3N2O4/c1-29(2,40-3)27-18-22(17-21-12-14-30(39,15-13-21)26-9-4-5-16-35-26)20-36(27)28(38)11-10-25(37)23-7-6-8-24(19-23)31(32,33)34/h4-9,16,19,21-22,27,39H,10-15,17-18,20H2,1-3H3/t21?,22-,27-,30?/m0/s1. The Morgan fingerprint density at radius 3 is 2.42 bits per heavy atom. The Labute approximate surface area is 233 Å². The third-order valence-electron chi connectivity index (χ3n) is 8.86. The van der Waals surface area contributed by atoms with E-state index in [4.69, 9.17) is 4.74 Å². The zero-order valence-electron chi connectivity index (χ0n) is 23.4. The highest BCUT2D eigenvalue weighted by atomic mass is 19.4. The van der Waals surface area contributed by atoms with Crippen molar-refractivity contribution >= 4 is 11.7 Å². The molecule has 2 heterocycles. The van der Waals surface area contributed by atoms with Gasteiger partial charge in [-0.15, -0.1) is 0 Å². The summed E-state index contributed by atoms with van der Waals surface area (Å²) in [5, 5.41) is 11.1. The van der Waals surface area contributed by atoms with E-state index in [0.29, 0.717) is 31.0 Å². The van der Waals surface area contributed by atoms with Crippen molar-refractivity contribution in [3.8, 4) is 0 Å². The predicted octanol–water partition coefficient (Wildman–Crippen LogP) is 6.17. The smallest absolute Gasteiger partial charge is 0.384 e. The first-order valence-electron chi connectivity index (χ1n) is 14.0. The van der Waals surface area contributed by atoms with Crippen molar-refractivity contribution in [2.24, 2.45) is 11.8 Å². The maximum atomic E-state index is 13.4. The van der Waals surface area contributed by atoms with E-state index in [-0.39, 0.29) is 36.3 Å². The lowest BCUT2D eigenvalue weighted by molar-refractivity contribution is -0.138. The van der Waals surface area contributed by atoms with Crippen LogP contribution in [0.5, 0.6) is 0 Å². The number of carbonyl (C=O) groups excluding carboxylic acids is 2. The molecular formula is C31H39F3N2O4. The van der Waals surface area contributed by atoms with Gasteiger partial charge in [-0.1, -0.05) is 18.2 Å². The van der Waals surface area contributed by atoms with Gasteiger partial charge in [0.15, 0.2) is 5.78 Å². The molecule has 1 aromatic heterocycles. The topological polar surface area (TPSA) is 79.7 Å². The maximum absolute atomic E-state index is 13.4. The molecule has 1 aliphatic heterocycles. The Bertz CT molecular complexity index is 1180. The van der Waals surface area contributed by atoms with Gasteiger partial charge >= 0.3 is 6.18 Å². The van der Waals surface area contributed by atoms with Crippen LogP contribution in [0, 0.1) is 11.8 Å². The molecule has 6 nitrogen and oxygen atoms in total. The monoisotopic (exact) mass is 560 g/mol. The van der Waals surface area contributed by atoms with Crippen LogP contribution in [0.15, 0.2) is 48.7 Å². The number of hydrogen-bond acceptors (Lipinski definition) is 5. The second kappa shape index (κ2) is 12.0. The molecule has 0 radical (unpaired) electrons. The summed E-state index contributed by atoms with van der Waals surface area (Å²) in [6.45, 7) is 4.44. The van der Waals surface area contributed by atoms with Gasteiger partial charge in [-0.2, -0.15) is 13.2 Å². The zero-order valence-corrected chi connectivity index (χ0v) is 23.4. The van der Waals surface area contributed by atoms with Crippen molar-refractivity contribution in [3.63, 3.8) is 0 Å². The zero-order chi connectivity index (χ0) is 29.1. The summed E-state index contributed by atoms with van der Waals surface area (Å²) in [5.74, 6) is 0.0119. The summed E-state index contributed by atoms with van der Waals surface area (Å²) in [6.07, 6.45) is 1.69. The Balaban J connectivity index is 1.36. The molecule has 1 saturated heterocycles. The number of ketones is 1. The molecule has 1 N–H and O–H groups in total. The number of rotatable bonds is 9. The van der Waals surface area contributed by atoms with Crippen LogP contribution in [0.3, 0.4) is 0 Å². The van der Waals surface area contributed by atoms with Crippen LogP contribution in [0.2, 0.25) is 0 Å². The molecule has 1 amide bonds. The third kappa shape index (κ3) is 6.92. The van der Waals surface area contributed by atoms with E-state index in [2.05, 4.69) is 4.98 Å². The minimum absolute atomic E-state index is 0.0429. The number of benzene rings is 1. The number of Topliss-reactive ketones (excluding diaryl/α,β-unsaturated/α-hetero) is 1. The fraction of sp³-hybridized carbons (Fsp3) is 0.581. The number of halogens is 3. The van der Waals surface area contributed by atoms with Crippen LogP contribution in [0.1, 0.15) is 86.8 Å². The SMILES string of the molecule is COC(C)(C)[C@@H]1C[C@H](CC2CCC(O)(c3ccccn3)CC2)CN1C(=O)CCC(=O)c1cccc(C(F)(F)F)c1. The van der Waals surface area contributed by atoms with E-state index in [9.17, 15) is 27.9 Å². The summed E-state index contributed by atoms with van der Waals surface area (Å²) < 4.78 is 44.9. The minimum atomic E-state index is -4.54. The Morgan fingerprint density at radius 2 is 1.80 bits per heavy atom. The summed E-state index contributed by atoms with van der Waals surface area (Å²) >= 11 is 0. The Hall–Kier alpha value is -2.78. The lowest BCUT2D eigenvalue weighted by Crippen LogP contribution is -2.49. The number of alkyl halides is 3. The van der Waals surface area contributed by atoms with E-state index in [1.54, 1.807) is 18.2 Å². The minimum Gasteiger partial charge on any atom is -0.384 e. The molecule has 2 fully saturated rings. The molecule has 1 saturated carbocycles. The van der Waals surface area contributed by atoms with Crippen LogP contribution in [-0.2, 0) is 21.3 Å². The van der Waals surface area contributed by atoms with Crippen LogP contribution in [0.4, 0.5) is 13.2 Å². The van der Waals surface area contributed by atoms with Gasteiger partial charge in [0, 0.05) is 38.3 Å². The van der Waals surface area contributed by atoms with Crippen molar-refractivity contribution in [2.75, 3.05) is 13.7 Å². The van der Waals surface area contributed by atoms with Crippen LogP contribution >= 0.6 is 0 Å². The second-order valence-corrected chi connectivity index (χ2v) is 11.9. The van der Waals surface area contributed by atoms with Crippen LogP contribution in [-0.4, -0.2) is 52.0 Å². The normalized spacial score (nSPS) is 25.7. The molecule has 2 aromatic rings. The first kappa shape index (κ1) is 30.2. The van der Waals surface area contributed by atoms with E-state index >= 15 is 0 Å². The molecule has 0 bridgehead atoms. The number of carbonyl (C=O) groups is 2. The van der Waals surface area contributed by atoms with Crippen molar-refractivity contribution in [1.82, 2.24) is 9.88 Å². The highest BCUT2D eigenvalue weighted by Crippen LogP contribution is 2.43. The summed E-state index contributed by atoms with van der Waals surface area (Å²) in [6, 6.07) is 9.76. The molecule has 2 atom stereocenters. The molecule has 2 aliphatic rings. The largest absolute Gasteiger partial charge is 0.416 e. The van der Waals surface area contributed by atoms with Gasteiger partial charge in [0.05, 0.1) is 22.9 Å². The highest BCUT2D eigenvalue weighted by Gasteiger charge is 2.45. The number of nitrogens with zero attached hydrogens (tertiary/aromatic N) is 2. The molecule has 40 heavy (non-hydrogen) atoms. The number of amides is 1. The van der Waals surface area contributed by atoms with Gasteiger partial charge in [0.1, 0.15) is 5.60 Å². The number of ether oxygens (including phenoxy) is 1. The van der Waals surface area contributed by atoms with Crippen LogP contribution in [0.25, 0.3) is 0 Å². The van der Waals surface area contributed by atoms with Gasteiger partial charge in [0.25, 0.3) is 0 Å². The number of likely N-dealkylation sites (tertiary alicyclic amines) is 1. The number of hydrogen-bond donors (Lipinski definition) is 1. The van der Waals surface area contributed by atoms with Gasteiger partial charge < -0.3 is 14.7 Å². The van der Waals surface area contributed by atoms with Gasteiger partial charge in [-0.05, 0) is 88.5 Å². The predicted molar refractivity (Wildman–Crippen MR) is 144 cm³/mol. The van der Waals surface area contributed by atoms with Crippen molar-refractivity contribution in [1.29, 1.82) is 0 Å². The fourth-order valence-electron chi connectivity index (χ4n) is 6.30. The Morgan fingerprint density at radius 1 is 1.07 bits per heavy atom. The lowest BCUT2D eigenvalue weighted by Gasteiger charge is -2.36. The molecule has 0 spiro atoms. The summed E-state index contributed by atoms with van der Waals surface area (Å²) in [5.41, 5.74) is -1.70. The summed E-state index contributed by atoms with van der Waals surface area (Å²) in [4.78, 5) is 32.2. The van der Waals surface area contributed by atoms with Crippen molar-refractivity contribution in [2.45, 2.75) is 88.6 Å². The molecule has 218 valence electrons. The van der Waals surface area contributed by atoms with E-state index in [1.807, 2.05) is 32.0 Å². The first-order chi connectivity index (χ1) is 18.8. The van der Waals surface area contributed by atoms with Crippen LogP contribution < -0.4 is 0 Å². The molecule has 9 heteroatoms. The number of pyridine rings is 1. The molecule has 4 rings (SSSR count). The average molecular weight is 561 g/mol. The summed E-state index contributed by atoms with van der Waals surface area (Å²) in [7, 11) is 1.62. The van der Waals surface area contributed by atoms with Gasteiger partial charge in [0.2, 0.25) is 5.91 Å². The molecule has 0 unspecified atom stereocenters. The van der Waals surface area contributed by atoms with Crippen molar-refractivity contribution in [3.05, 3.63) is 65.5 Å². The molecule has 1 aliphatic carbocycles. The number of aliphatic hydroxyl groups is 1. The quantitative estimate of drug-likeness (QED) is 0.371. The first-order valence-corrected chi connectivity index (χ1v) is 14.0.